The number of H-pyrrole nitrogens is 1. The number of aromatic amines is 1. The van der Waals surface area contributed by atoms with Gasteiger partial charge >= 0.3 is 6.09 Å². The van der Waals surface area contributed by atoms with Gasteiger partial charge in [0.05, 0.1) is 5.69 Å². The van der Waals surface area contributed by atoms with E-state index in [1.165, 1.54) is 0 Å². The lowest BCUT2D eigenvalue weighted by molar-refractivity contribution is 0.0636. The van der Waals surface area contributed by atoms with Crippen LogP contribution in [-0.2, 0) is 4.74 Å². The van der Waals surface area contributed by atoms with Gasteiger partial charge in [-0.05, 0) is 51.5 Å². The van der Waals surface area contributed by atoms with Crippen LogP contribution >= 0.6 is 0 Å². The van der Waals surface area contributed by atoms with Gasteiger partial charge in [0, 0.05) is 17.4 Å². The van der Waals surface area contributed by atoms with E-state index in [9.17, 15) is 4.79 Å². The molecule has 0 saturated carbocycles. The van der Waals surface area contributed by atoms with Gasteiger partial charge in [0.25, 0.3) is 0 Å². The summed E-state index contributed by atoms with van der Waals surface area (Å²) in [6.07, 6.45) is 1.26. The van der Waals surface area contributed by atoms with Gasteiger partial charge in [-0.3, -0.25) is 10.4 Å². The number of aryl methyl sites for hydroxylation is 1. The molecule has 0 atom stereocenters. The van der Waals surface area contributed by atoms with E-state index in [0.717, 1.165) is 16.8 Å². The molecular weight excluding hydrogens is 254 g/mol. The molecule has 2 rings (SSSR count). The maximum absolute atomic E-state index is 11.7. The summed E-state index contributed by atoms with van der Waals surface area (Å²) in [6, 6.07) is 7.59. The Morgan fingerprint density at radius 2 is 2.05 bits per heavy atom. The van der Waals surface area contributed by atoms with Crippen LogP contribution < -0.4 is 5.32 Å². The quantitative estimate of drug-likeness (QED) is 0.876. The van der Waals surface area contributed by atoms with Crippen molar-refractivity contribution >= 4 is 11.8 Å². The van der Waals surface area contributed by atoms with Gasteiger partial charge in [-0.1, -0.05) is 6.07 Å². The molecule has 0 radical (unpaired) electrons. The molecule has 0 spiro atoms. The molecule has 1 aromatic heterocycles. The number of carbonyl (C=O) groups excluding carboxylic acids is 1. The fourth-order valence-corrected chi connectivity index (χ4v) is 1.87. The van der Waals surface area contributed by atoms with Gasteiger partial charge in [0.15, 0.2) is 0 Å². The number of hydrogen-bond acceptors (Lipinski definition) is 3. The Balaban J connectivity index is 2.12. The number of benzene rings is 1. The molecule has 20 heavy (non-hydrogen) atoms. The zero-order valence-corrected chi connectivity index (χ0v) is 12.2. The van der Waals surface area contributed by atoms with E-state index in [1.54, 1.807) is 6.20 Å². The van der Waals surface area contributed by atoms with Crippen LogP contribution in [0.25, 0.3) is 11.3 Å². The van der Waals surface area contributed by atoms with Crippen molar-refractivity contribution in [2.75, 3.05) is 5.32 Å². The van der Waals surface area contributed by atoms with Crippen LogP contribution in [0, 0.1) is 6.92 Å². The minimum absolute atomic E-state index is 0.453. The molecule has 0 bridgehead atoms. The first-order valence-corrected chi connectivity index (χ1v) is 6.45. The second kappa shape index (κ2) is 5.36. The van der Waals surface area contributed by atoms with Crippen molar-refractivity contribution in [2.24, 2.45) is 0 Å². The molecule has 0 aliphatic rings. The molecule has 106 valence electrons. The van der Waals surface area contributed by atoms with E-state index in [2.05, 4.69) is 15.5 Å². The molecule has 0 saturated heterocycles. The standard InChI is InChI=1S/C15H19N3O2/c1-10-9-11(17-14(19)20-15(2,3)4)5-6-12(10)13-7-8-16-18-13/h5-9H,1-4H3,(H,16,18)(H,17,19). The highest BCUT2D eigenvalue weighted by Crippen LogP contribution is 2.24. The summed E-state index contributed by atoms with van der Waals surface area (Å²) in [6.45, 7) is 7.48. The highest BCUT2D eigenvalue weighted by atomic mass is 16.6. The molecule has 0 aliphatic carbocycles. The number of nitrogens with zero attached hydrogens (tertiary/aromatic N) is 1. The van der Waals surface area contributed by atoms with Gasteiger partial charge in [0.2, 0.25) is 0 Å². The Labute approximate surface area is 118 Å². The van der Waals surface area contributed by atoms with E-state index in [1.807, 2.05) is 52.0 Å². The summed E-state index contributed by atoms with van der Waals surface area (Å²) in [7, 11) is 0. The Morgan fingerprint density at radius 3 is 2.60 bits per heavy atom. The van der Waals surface area contributed by atoms with Crippen molar-refractivity contribution in [3.8, 4) is 11.3 Å². The predicted molar refractivity (Wildman–Crippen MR) is 78.6 cm³/mol. The smallest absolute Gasteiger partial charge is 0.412 e. The molecule has 5 heteroatoms. The Morgan fingerprint density at radius 1 is 1.30 bits per heavy atom. The molecule has 0 fully saturated rings. The van der Waals surface area contributed by atoms with Gasteiger partial charge in [-0.2, -0.15) is 5.10 Å². The topological polar surface area (TPSA) is 67.0 Å². The Bertz CT molecular complexity index is 598. The second-order valence-electron chi connectivity index (χ2n) is 5.63. The van der Waals surface area contributed by atoms with E-state index in [4.69, 9.17) is 4.74 Å². The van der Waals surface area contributed by atoms with Gasteiger partial charge < -0.3 is 4.74 Å². The van der Waals surface area contributed by atoms with Crippen molar-refractivity contribution in [3.63, 3.8) is 0 Å². The van der Waals surface area contributed by atoms with Crippen LogP contribution in [0.3, 0.4) is 0 Å². The van der Waals surface area contributed by atoms with E-state index >= 15 is 0 Å². The number of carbonyl (C=O) groups is 1. The minimum Gasteiger partial charge on any atom is -0.444 e. The molecule has 2 N–H and O–H groups in total. The largest absolute Gasteiger partial charge is 0.444 e. The van der Waals surface area contributed by atoms with Crippen molar-refractivity contribution in [2.45, 2.75) is 33.3 Å². The van der Waals surface area contributed by atoms with E-state index in [-0.39, 0.29) is 0 Å². The fourth-order valence-electron chi connectivity index (χ4n) is 1.87. The van der Waals surface area contributed by atoms with Gasteiger partial charge in [0.1, 0.15) is 5.60 Å². The third-order valence-corrected chi connectivity index (χ3v) is 2.66. The summed E-state index contributed by atoms with van der Waals surface area (Å²) in [5, 5.41) is 9.58. The zero-order valence-electron chi connectivity index (χ0n) is 12.2. The number of rotatable bonds is 2. The highest BCUT2D eigenvalue weighted by molar-refractivity contribution is 5.85. The lowest BCUT2D eigenvalue weighted by atomic mass is 10.1. The normalized spacial score (nSPS) is 11.2. The van der Waals surface area contributed by atoms with Crippen LogP contribution in [0.1, 0.15) is 26.3 Å². The highest BCUT2D eigenvalue weighted by Gasteiger charge is 2.16. The summed E-state index contributed by atoms with van der Waals surface area (Å²) >= 11 is 0. The van der Waals surface area contributed by atoms with Crippen molar-refractivity contribution < 1.29 is 9.53 Å². The Kier molecular flexibility index (Phi) is 3.79. The number of amides is 1. The van der Waals surface area contributed by atoms with E-state index in [0.29, 0.717) is 5.69 Å². The molecular formula is C15H19N3O2. The lowest BCUT2D eigenvalue weighted by Gasteiger charge is -2.19. The maximum atomic E-state index is 11.7. The number of hydrogen-bond donors (Lipinski definition) is 2. The van der Waals surface area contributed by atoms with E-state index < -0.39 is 11.7 Å². The minimum atomic E-state index is -0.505. The van der Waals surface area contributed by atoms with Crippen molar-refractivity contribution in [3.05, 3.63) is 36.0 Å². The van der Waals surface area contributed by atoms with Gasteiger partial charge in [-0.15, -0.1) is 0 Å². The third-order valence-electron chi connectivity index (χ3n) is 2.66. The summed E-state index contributed by atoms with van der Waals surface area (Å²) in [5.41, 5.74) is 3.25. The second-order valence-corrected chi connectivity index (χ2v) is 5.63. The van der Waals surface area contributed by atoms with Gasteiger partial charge in [-0.25, -0.2) is 4.79 Å². The molecule has 1 heterocycles. The SMILES string of the molecule is Cc1cc(NC(=O)OC(C)(C)C)ccc1-c1ccn[nH]1. The van der Waals surface area contributed by atoms with Crippen LogP contribution in [0.2, 0.25) is 0 Å². The first-order chi connectivity index (χ1) is 9.35. The number of aromatic nitrogens is 2. The monoisotopic (exact) mass is 273 g/mol. The Hall–Kier alpha value is -2.30. The van der Waals surface area contributed by atoms with Crippen LogP contribution in [0.15, 0.2) is 30.5 Å². The molecule has 2 aromatic rings. The molecule has 0 aliphatic heterocycles. The predicted octanol–water partition coefficient (Wildman–Crippen LogP) is 3.73. The fraction of sp³-hybridized carbons (Fsp3) is 0.333. The first-order valence-electron chi connectivity index (χ1n) is 6.45. The summed E-state index contributed by atoms with van der Waals surface area (Å²) in [5.74, 6) is 0. The number of ether oxygens (including phenoxy) is 1. The van der Waals surface area contributed by atoms with Crippen LogP contribution in [0.5, 0.6) is 0 Å². The van der Waals surface area contributed by atoms with Crippen molar-refractivity contribution in [1.29, 1.82) is 0 Å². The van der Waals surface area contributed by atoms with Crippen molar-refractivity contribution in [1.82, 2.24) is 10.2 Å². The first kappa shape index (κ1) is 14.1. The van der Waals surface area contributed by atoms with Crippen LogP contribution in [-0.4, -0.2) is 21.9 Å². The average Bonchev–Trinajstić information content (AvgIpc) is 2.79. The van der Waals surface area contributed by atoms with Crippen LogP contribution in [0.4, 0.5) is 10.5 Å². The summed E-state index contributed by atoms with van der Waals surface area (Å²) < 4.78 is 5.22. The lowest BCUT2D eigenvalue weighted by Crippen LogP contribution is -2.27. The molecule has 0 unspecified atom stereocenters. The molecule has 1 aromatic carbocycles. The number of nitrogens with one attached hydrogen (secondary N) is 2. The summed E-state index contributed by atoms with van der Waals surface area (Å²) in [4.78, 5) is 11.7. The number of anilines is 1. The molecule has 5 nitrogen and oxygen atoms in total. The third kappa shape index (κ3) is 3.60. The molecule has 1 amide bonds. The zero-order chi connectivity index (χ0) is 14.8. The maximum Gasteiger partial charge on any atom is 0.412 e. The average molecular weight is 273 g/mol.